The standard InChI is InChI=1S/C16H19N3O/c1-12(14-8-5-9-18-11-14)19-16(20)15(10-17)13-6-3-2-4-7-13/h2-9,11-12,15H,10,17H2,1H3,(H,19,20). The lowest BCUT2D eigenvalue weighted by Gasteiger charge is -2.19. The molecule has 0 aliphatic carbocycles. The molecule has 3 N–H and O–H groups in total. The molecule has 1 heterocycles. The molecule has 104 valence electrons. The molecule has 2 aromatic rings. The van der Waals surface area contributed by atoms with Crippen LogP contribution in [-0.4, -0.2) is 17.4 Å². The largest absolute Gasteiger partial charge is 0.349 e. The zero-order valence-electron chi connectivity index (χ0n) is 11.5. The van der Waals surface area contributed by atoms with Gasteiger partial charge in [0.2, 0.25) is 5.91 Å². The van der Waals surface area contributed by atoms with Gasteiger partial charge in [0.1, 0.15) is 0 Å². The molecule has 4 heteroatoms. The molecule has 0 saturated heterocycles. The average molecular weight is 269 g/mol. The number of aromatic nitrogens is 1. The van der Waals surface area contributed by atoms with Crippen LogP contribution >= 0.6 is 0 Å². The van der Waals surface area contributed by atoms with E-state index in [0.717, 1.165) is 11.1 Å². The maximum Gasteiger partial charge on any atom is 0.229 e. The first-order valence-electron chi connectivity index (χ1n) is 6.67. The van der Waals surface area contributed by atoms with Gasteiger partial charge in [0.05, 0.1) is 12.0 Å². The molecule has 2 atom stereocenters. The van der Waals surface area contributed by atoms with Gasteiger partial charge in [0.15, 0.2) is 0 Å². The Morgan fingerprint density at radius 1 is 1.20 bits per heavy atom. The van der Waals surface area contributed by atoms with Crippen molar-refractivity contribution >= 4 is 5.91 Å². The fourth-order valence-corrected chi connectivity index (χ4v) is 2.11. The van der Waals surface area contributed by atoms with Crippen molar-refractivity contribution in [3.05, 3.63) is 66.0 Å². The third-order valence-corrected chi connectivity index (χ3v) is 3.30. The molecule has 0 fully saturated rings. The van der Waals surface area contributed by atoms with Crippen molar-refractivity contribution in [1.29, 1.82) is 0 Å². The first kappa shape index (κ1) is 14.2. The van der Waals surface area contributed by atoms with Crippen molar-refractivity contribution in [3.8, 4) is 0 Å². The van der Waals surface area contributed by atoms with E-state index in [2.05, 4.69) is 10.3 Å². The summed E-state index contributed by atoms with van der Waals surface area (Å²) < 4.78 is 0. The van der Waals surface area contributed by atoms with E-state index in [1.165, 1.54) is 0 Å². The molecule has 0 saturated carbocycles. The van der Waals surface area contributed by atoms with Crippen LogP contribution in [0.25, 0.3) is 0 Å². The Bertz CT molecular complexity index is 542. The summed E-state index contributed by atoms with van der Waals surface area (Å²) in [5.41, 5.74) is 7.66. The number of nitrogens with two attached hydrogens (primary N) is 1. The quantitative estimate of drug-likeness (QED) is 0.872. The number of carbonyl (C=O) groups excluding carboxylic acids is 1. The van der Waals surface area contributed by atoms with Crippen LogP contribution in [0.3, 0.4) is 0 Å². The molecule has 1 amide bonds. The number of hydrogen-bond donors (Lipinski definition) is 2. The van der Waals surface area contributed by atoms with Crippen LogP contribution in [-0.2, 0) is 4.79 Å². The van der Waals surface area contributed by atoms with E-state index >= 15 is 0 Å². The fourth-order valence-electron chi connectivity index (χ4n) is 2.11. The summed E-state index contributed by atoms with van der Waals surface area (Å²) >= 11 is 0. The van der Waals surface area contributed by atoms with Gasteiger partial charge in [-0.3, -0.25) is 9.78 Å². The van der Waals surface area contributed by atoms with E-state index in [4.69, 9.17) is 5.73 Å². The predicted molar refractivity (Wildman–Crippen MR) is 79.0 cm³/mol. The lowest BCUT2D eigenvalue weighted by molar-refractivity contribution is -0.123. The summed E-state index contributed by atoms with van der Waals surface area (Å²) in [5, 5.41) is 2.99. The first-order valence-corrected chi connectivity index (χ1v) is 6.67. The van der Waals surface area contributed by atoms with Crippen LogP contribution < -0.4 is 11.1 Å². The molecular formula is C16H19N3O. The van der Waals surface area contributed by atoms with E-state index < -0.39 is 0 Å². The number of amides is 1. The van der Waals surface area contributed by atoms with Crippen molar-refractivity contribution in [1.82, 2.24) is 10.3 Å². The van der Waals surface area contributed by atoms with Crippen LogP contribution in [0.15, 0.2) is 54.9 Å². The number of benzene rings is 1. The topological polar surface area (TPSA) is 68.0 Å². The van der Waals surface area contributed by atoms with Gasteiger partial charge in [-0.05, 0) is 24.1 Å². The second-order valence-corrected chi connectivity index (χ2v) is 4.72. The Morgan fingerprint density at radius 3 is 2.50 bits per heavy atom. The monoisotopic (exact) mass is 269 g/mol. The minimum absolute atomic E-state index is 0.0601. The molecule has 0 radical (unpaired) electrons. The highest BCUT2D eigenvalue weighted by Gasteiger charge is 2.20. The highest BCUT2D eigenvalue weighted by Crippen LogP contribution is 2.17. The zero-order chi connectivity index (χ0) is 14.4. The summed E-state index contributed by atoms with van der Waals surface area (Å²) in [7, 11) is 0. The minimum Gasteiger partial charge on any atom is -0.349 e. The van der Waals surface area contributed by atoms with Crippen LogP contribution in [0.1, 0.15) is 30.0 Å². The number of rotatable bonds is 5. The molecule has 2 unspecified atom stereocenters. The summed E-state index contributed by atoms with van der Waals surface area (Å²) in [6.07, 6.45) is 3.47. The van der Waals surface area contributed by atoms with Gasteiger partial charge in [-0.15, -0.1) is 0 Å². The molecule has 0 aliphatic rings. The van der Waals surface area contributed by atoms with Gasteiger partial charge in [-0.2, -0.15) is 0 Å². The predicted octanol–water partition coefficient (Wildman–Crippen LogP) is 2.00. The molecule has 0 bridgehead atoms. The number of pyridine rings is 1. The van der Waals surface area contributed by atoms with Crippen molar-refractivity contribution in [2.75, 3.05) is 6.54 Å². The first-order chi connectivity index (χ1) is 9.72. The van der Waals surface area contributed by atoms with Gasteiger partial charge >= 0.3 is 0 Å². The summed E-state index contributed by atoms with van der Waals surface area (Å²) in [5.74, 6) is -0.384. The van der Waals surface area contributed by atoms with Crippen LogP contribution in [0.2, 0.25) is 0 Å². The zero-order valence-corrected chi connectivity index (χ0v) is 11.5. The van der Waals surface area contributed by atoms with Crippen molar-refractivity contribution in [2.24, 2.45) is 5.73 Å². The third kappa shape index (κ3) is 3.42. The van der Waals surface area contributed by atoms with E-state index in [1.807, 2.05) is 49.4 Å². The summed E-state index contributed by atoms with van der Waals surface area (Å²) in [4.78, 5) is 16.4. The number of nitrogens with one attached hydrogen (secondary N) is 1. The third-order valence-electron chi connectivity index (χ3n) is 3.30. The van der Waals surface area contributed by atoms with Gasteiger partial charge in [-0.25, -0.2) is 0 Å². The Labute approximate surface area is 119 Å². The fraction of sp³-hybridized carbons (Fsp3) is 0.250. The van der Waals surface area contributed by atoms with E-state index in [9.17, 15) is 4.79 Å². The smallest absolute Gasteiger partial charge is 0.229 e. The number of carbonyl (C=O) groups is 1. The van der Waals surface area contributed by atoms with E-state index in [0.29, 0.717) is 0 Å². The Morgan fingerprint density at radius 2 is 1.90 bits per heavy atom. The Kier molecular flexibility index (Phi) is 4.85. The van der Waals surface area contributed by atoms with Crippen molar-refractivity contribution in [2.45, 2.75) is 18.9 Å². The highest BCUT2D eigenvalue weighted by molar-refractivity contribution is 5.84. The SMILES string of the molecule is CC(NC(=O)C(CN)c1ccccc1)c1cccnc1. The minimum atomic E-state index is -0.324. The molecule has 1 aromatic carbocycles. The van der Waals surface area contributed by atoms with Crippen molar-refractivity contribution < 1.29 is 4.79 Å². The second-order valence-electron chi connectivity index (χ2n) is 4.72. The molecule has 0 aliphatic heterocycles. The summed E-state index contributed by atoms with van der Waals surface area (Å²) in [6, 6.07) is 13.3. The molecular weight excluding hydrogens is 250 g/mol. The van der Waals surface area contributed by atoms with Crippen LogP contribution in [0, 0.1) is 0 Å². The summed E-state index contributed by atoms with van der Waals surface area (Å²) in [6.45, 7) is 2.23. The van der Waals surface area contributed by atoms with Gasteiger partial charge in [0.25, 0.3) is 0 Å². The second kappa shape index (κ2) is 6.82. The average Bonchev–Trinajstić information content (AvgIpc) is 2.50. The Balaban J connectivity index is 2.07. The number of hydrogen-bond acceptors (Lipinski definition) is 3. The lowest BCUT2D eigenvalue weighted by Crippen LogP contribution is -2.35. The molecule has 2 rings (SSSR count). The van der Waals surface area contributed by atoms with Crippen LogP contribution in [0.4, 0.5) is 0 Å². The maximum absolute atomic E-state index is 12.3. The molecule has 20 heavy (non-hydrogen) atoms. The van der Waals surface area contributed by atoms with Crippen LogP contribution in [0.5, 0.6) is 0 Å². The van der Waals surface area contributed by atoms with Crippen molar-refractivity contribution in [3.63, 3.8) is 0 Å². The van der Waals surface area contributed by atoms with E-state index in [1.54, 1.807) is 12.4 Å². The van der Waals surface area contributed by atoms with Gasteiger partial charge < -0.3 is 11.1 Å². The van der Waals surface area contributed by atoms with E-state index in [-0.39, 0.29) is 24.4 Å². The Hall–Kier alpha value is -2.20. The van der Waals surface area contributed by atoms with Gasteiger partial charge in [0, 0.05) is 18.9 Å². The normalized spacial score (nSPS) is 13.5. The molecule has 4 nitrogen and oxygen atoms in total. The number of nitrogens with zero attached hydrogens (tertiary/aromatic N) is 1. The molecule has 0 spiro atoms. The van der Waals surface area contributed by atoms with Gasteiger partial charge in [-0.1, -0.05) is 36.4 Å². The molecule has 1 aromatic heterocycles. The highest BCUT2D eigenvalue weighted by atomic mass is 16.1. The maximum atomic E-state index is 12.3. The lowest BCUT2D eigenvalue weighted by atomic mass is 9.97.